The summed E-state index contributed by atoms with van der Waals surface area (Å²) < 4.78 is 29.2. The third-order valence-electron chi connectivity index (χ3n) is 5.26. The van der Waals surface area contributed by atoms with E-state index < -0.39 is 6.61 Å². The van der Waals surface area contributed by atoms with Crippen molar-refractivity contribution in [3.05, 3.63) is 23.9 Å². The number of carbonyl (C=O) groups is 1. The second-order valence-corrected chi connectivity index (χ2v) is 6.68. The number of fused-ring (bicyclic) bond motifs is 4. The second-order valence-electron chi connectivity index (χ2n) is 6.68. The van der Waals surface area contributed by atoms with Crippen molar-refractivity contribution in [1.29, 1.82) is 0 Å². The molecule has 2 bridgehead atoms. The average Bonchev–Trinajstić information content (AvgIpc) is 2.98. The molecule has 3 aliphatic rings. The predicted octanol–water partition coefficient (Wildman–Crippen LogP) is 3.08. The first-order chi connectivity index (χ1) is 11.6. The zero-order chi connectivity index (χ0) is 16.7. The summed E-state index contributed by atoms with van der Waals surface area (Å²) in [6.07, 6.45) is 2.78. The standard InChI is InChI=1S/C17H19F2N3O2/c18-17(19)24-12-1-2-14-13(8-12)16(21-20-14)15(23)7-11-9-22-5-3-10(11)4-6-22/h1-2,8,10-11,17H,3-7,9H2,(H,20,21)/t11-/m0/s1. The molecule has 3 aliphatic heterocycles. The number of Topliss-reactive ketones (excluding diaryl/α,β-unsaturated/α-hetero) is 1. The summed E-state index contributed by atoms with van der Waals surface area (Å²) in [5.41, 5.74) is 0.968. The van der Waals surface area contributed by atoms with E-state index in [1.165, 1.54) is 12.1 Å². The Morgan fingerprint density at radius 2 is 2.17 bits per heavy atom. The van der Waals surface area contributed by atoms with E-state index >= 15 is 0 Å². The lowest BCUT2D eigenvalue weighted by molar-refractivity contribution is -0.0497. The fourth-order valence-electron chi connectivity index (χ4n) is 4.04. The number of ketones is 1. The van der Waals surface area contributed by atoms with Gasteiger partial charge in [-0.15, -0.1) is 0 Å². The van der Waals surface area contributed by atoms with E-state index in [0.29, 0.717) is 34.9 Å². The lowest BCUT2D eigenvalue weighted by Gasteiger charge is -2.44. The Morgan fingerprint density at radius 1 is 1.38 bits per heavy atom. The van der Waals surface area contributed by atoms with Crippen LogP contribution in [0.1, 0.15) is 29.8 Å². The first kappa shape index (κ1) is 15.5. The SMILES string of the molecule is O=C(C[C@H]1CN2CCC1CC2)c1n[nH]c2ccc(OC(F)F)cc12. The van der Waals surface area contributed by atoms with Crippen LogP contribution in [-0.4, -0.2) is 47.1 Å². The summed E-state index contributed by atoms with van der Waals surface area (Å²) in [6.45, 7) is 0.350. The van der Waals surface area contributed by atoms with Crippen LogP contribution in [0.3, 0.4) is 0 Å². The Hall–Kier alpha value is -2.02. The fourth-order valence-corrected chi connectivity index (χ4v) is 4.04. The highest BCUT2D eigenvalue weighted by atomic mass is 19.3. The van der Waals surface area contributed by atoms with Crippen LogP contribution in [0.4, 0.5) is 8.78 Å². The van der Waals surface area contributed by atoms with Gasteiger partial charge < -0.3 is 9.64 Å². The molecule has 0 spiro atoms. The van der Waals surface area contributed by atoms with E-state index in [1.807, 2.05) is 0 Å². The van der Waals surface area contributed by atoms with Gasteiger partial charge in [0.05, 0.1) is 5.52 Å². The summed E-state index contributed by atoms with van der Waals surface area (Å²) in [5.74, 6) is 0.985. The molecule has 0 saturated carbocycles. The van der Waals surface area contributed by atoms with E-state index in [-0.39, 0.29) is 11.5 Å². The fraction of sp³-hybridized carbons (Fsp3) is 0.529. The van der Waals surface area contributed by atoms with Gasteiger partial charge in [-0.05, 0) is 56.0 Å². The van der Waals surface area contributed by atoms with Crippen molar-refractivity contribution in [3.63, 3.8) is 0 Å². The van der Waals surface area contributed by atoms with Gasteiger partial charge in [0.15, 0.2) is 5.78 Å². The van der Waals surface area contributed by atoms with Crippen molar-refractivity contribution in [1.82, 2.24) is 15.1 Å². The van der Waals surface area contributed by atoms with E-state index in [0.717, 1.165) is 32.5 Å². The van der Waals surface area contributed by atoms with E-state index in [2.05, 4.69) is 19.8 Å². The lowest BCUT2D eigenvalue weighted by atomic mass is 9.76. The van der Waals surface area contributed by atoms with E-state index in [9.17, 15) is 13.6 Å². The highest BCUT2D eigenvalue weighted by Crippen LogP contribution is 2.35. The third kappa shape index (κ3) is 2.88. The number of nitrogens with one attached hydrogen (secondary N) is 1. The number of piperidine rings is 3. The third-order valence-corrected chi connectivity index (χ3v) is 5.26. The maximum atomic E-state index is 12.7. The number of nitrogens with zero attached hydrogens (tertiary/aromatic N) is 2. The highest BCUT2D eigenvalue weighted by molar-refractivity contribution is 6.06. The predicted molar refractivity (Wildman–Crippen MR) is 84.3 cm³/mol. The number of aromatic nitrogens is 2. The minimum atomic E-state index is -2.89. The summed E-state index contributed by atoms with van der Waals surface area (Å²) in [5, 5.41) is 7.45. The number of alkyl halides is 2. The topological polar surface area (TPSA) is 58.2 Å². The molecule has 1 aromatic carbocycles. The van der Waals surface area contributed by atoms with Gasteiger partial charge in [0, 0.05) is 18.4 Å². The first-order valence-electron chi connectivity index (χ1n) is 8.28. The molecular weight excluding hydrogens is 316 g/mol. The largest absolute Gasteiger partial charge is 0.435 e. The van der Waals surface area contributed by atoms with Crippen molar-refractivity contribution in [2.75, 3.05) is 19.6 Å². The molecule has 0 aliphatic carbocycles. The maximum absolute atomic E-state index is 12.7. The summed E-state index contributed by atoms with van der Waals surface area (Å²) in [6, 6.07) is 4.49. The molecule has 3 fully saturated rings. The molecule has 0 radical (unpaired) electrons. The number of aromatic amines is 1. The molecule has 1 aromatic heterocycles. The molecule has 5 nitrogen and oxygen atoms in total. The normalized spacial score (nSPS) is 26.2. The minimum absolute atomic E-state index is 0.0332. The van der Waals surface area contributed by atoms with Crippen LogP contribution in [0.5, 0.6) is 5.75 Å². The Morgan fingerprint density at radius 3 is 2.83 bits per heavy atom. The molecule has 1 atom stereocenters. The first-order valence-corrected chi connectivity index (χ1v) is 8.28. The molecule has 1 N–H and O–H groups in total. The van der Waals surface area contributed by atoms with Crippen LogP contribution < -0.4 is 4.74 Å². The van der Waals surface area contributed by atoms with Crippen molar-refractivity contribution >= 4 is 16.7 Å². The quantitative estimate of drug-likeness (QED) is 0.853. The number of ether oxygens (including phenoxy) is 1. The molecule has 0 amide bonds. The Labute approximate surface area is 138 Å². The lowest BCUT2D eigenvalue weighted by Crippen LogP contribution is -2.47. The van der Waals surface area contributed by atoms with Crippen LogP contribution in [0, 0.1) is 11.8 Å². The Kier molecular flexibility index (Phi) is 3.96. The molecule has 2 aromatic rings. The van der Waals surface area contributed by atoms with Crippen molar-refractivity contribution in [3.8, 4) is 5.75 Å². The monoisotopic (exact) mass is 335 g/mol. The van der Waals surface area contributed by atoms with Gasteiger partial charge in [0.25, 0.3) is 0 Å². The molecule has 0 unspecified atom stereocenters. The minimum Gasteiger partial charge on any atom is -0.435 e. The average molecular weight is 335 g/mol. The number of carbonyl (C=O) groups excluding carboxylic acids is 1. The summed E-state index contributed by atoms with van der Waals surface area (Å²) in [7, 11) is 0. The van der Waals surface area contributed by atoms with Gasteiger partial charge in [-0.3, -0.25) is 9.89 Å². The smallest absolute Gasteiger partial charge is 0.387 e. The number of hydrogen-bond donors (Lipinski definition) is 1. The molecule has 4 heterocycles. The van der Waals surface area contributed by atoms with Crippen LogP contribution in [0.2, 0.25) is 0 Å². The Balaban J connectivity index is 1.55. The molecule has 5 rings (SSSR count). The summed E-state index contributed by atoms with van der Waals surface area (Å²) >= 11 is 0. The number of rotatable bonds is 5. The summed E-state index contributed by atoms with van der Waals surface area (Å²) in [4.78, 5) is 15.1. The zero-order valence-corrected chi connectivity index (χ0v) is 13.2. The van der Waals surface area contributed by atoms with Crippen molar-refractivity contribution in [2.45, 2.75) is 25.9 Å². The van der Waals surface area contributed by atoms with Crippen molar-refractivity contribution in [2.24, 2.45) is 11.8 Å². The zero-order valence-electron chi connectivity index (χ0n) is 13.2. The number of H-pyrrole nitrogens is 1. The second kappa shape index (κ2) is 6.12. The van der Waals surface area contributed by atoms with Gasteiger partial charge in [-0.2, -0.15) is 13.9 Å². The molecule has 24 heavy (non-hydrogen) atoms. The number of halogens is 2. The van der Waals surface area contributed by atoms with Crippen LogP contribution in [-0.2, 0) is 0 Å². The van der Waals surface area contributed by atoms with E-state index in [1.54, 1.807) is 6.07 Å². The van der Waals surface area contributed by atoms with Gasteiger partial charge in [0.1, 0.15) is 11.4 Å². The van der Waals surface area contributed by atoms with Crippen LogP contribution >= 0.6 is 0 Å². The molecule has 3 saturated heterocycles. The maximum Gasteiger partial charge on any atom is 0.387 e. The molecule has 128 valence electrons. The Bertz CT molecular complexity index is 753. The molecular formula is C17H19F2N3O2. The van der Waals surface area contributed by atoms with Gasteiger partial charge in [-0.25, -0.2) is 0 Å². The number of benzene rings is 1. The van der Waals surface area contributed by atoms with Gasteiger partial charge >= 0.3 is 6.61 Å². The van der Waals surface area contributed by atoms with Crippen LogP contribution in [0.25, 0.3) is 10.9 Å². The van der Waals surface area contributed by atoms with Crippen LogP contribution in [0.15, 0.2) is 18.2 Å². The molecule has 7 heteroatoms. The van der Waals surface area contributed by atoms with Gasteiger partial charge in [0.2, 0.25) is 0 Å². The van der Waals surface area contributed by atoms with Crippen molar-refractivity contribution < 1.29 is 18.3 Å². The van der Waals surface area contributed by atoms with E-state index in [4.69, 9.17) is 0 Å². The highest BCUT2D eigenvalue weighted by Gasteiger charge is 2.35. The number of hydrogen-bond acceptors (Lipinski definition) is 4. The van der Waals surface area contributed by atoms with Gasteiger partial charge in [-0.1, -0.05) is 0 Å².